The Balaban J connectivity index is 1.73. The number of pyridine rings is 1. The molecule has 0 spiro atoms. The van der Waals surface area contributed by atoms with Crippen LogP contribution in [-0.2, 0) is 0 Å². The van der Waals surface area contributed by atoms with Gasteiger partial charge in [-0.1, -0.05) is 30.3 Å². The van der Waals surface area contributed by atoms with E-state index in [0.717, 1.165) is 0 Å². The van der Waals surface area contributed by atoms with Crippen molar-refractivity contribution < 1.29 is 18.7 Å². The first-order chi connectivity index (χ1) is 15.6. The molecule has 0 aliphatic carbocycles. The van der Waals surface area contributed by atoms with Crippen LogP contribution in [-0.4, -0.2) is 31.3 Å². The summed E-state index contributed by atoms with van der Waals surface area (Å²) in [6, 6.07) is 20.2. The Hall–Kier alpha value is -4.26. The molecule has 0 fully saturated rings. The zero-order chi connectivity index (χ0) is 22.5. The van der Waals surface area contributed by atoms with E-state index in [1.165, 1.54) is 18.3 Å². The number of aromatic nitrogens is 1. The van der Waals surface area contributed by atoms with E-state index in [9.17, 15) is 9.18 Å². The Labute approximate surface area is 184 Å². The summed E-state index contributed by atoms with van der Waals surface area (Å²) >= 11 is 0. The fraction of sp³-hybridized carbons (Fsp3) is 0.0800. The third-order valence-corrected chi connectivity index (χ3v) is 4.89. The number of nitrogens with one attached hydrogen (secondary N) is 1. The number of hydrogen-bond acceptors (Lipinski definition) is 5. The summed E-state index contributed by atoms with van der Waals surface area (Å²) < 4.78 is 23.9. The van der Waals surface area contributed by atoms with Gasteiger partial charge in [0.1, 0.15) is 17.3 Å². The number of ether oxygens (including phenoxy) is 2. The monoisotopic (exact) mass is 429 g/mol. The van der Waals surface area contributed by atoms with Gasteiger partial charge in [-0.3, -0.25) is 4.79 Å². The molecule has 0 radical (unpaired) electrons. The standard InChI is InChI=1S/C25H20FN3O3/c1-31-18-11-12-24(32-2)21(13-18)23-14-20(19-5-3-4-6-22(19)28-23)25(30)29-27-15-16-7-9-17(26)10-8-16/h3-15H,1-2H3,(H,29,30)/b27-15+. The second-order valence-electron chi connectivity index (χ2n) is 6.89. The number of carbonyl (C=O) groups is 1. The van der Waals surface area contributed by atoms with Gasteiger partial charge in [0.2, 0.25) is 0 Å². The Morgan fingerprint density at radius 1 is 1.00 bits per heavy atom. The molecule has 0 saturated heterocycles. The number of fused-ring (bicyclic) bond motifs is 1. The Morgan fingerprint density at radius 2 is 1.78 bits per heavy atom. The molecule has 3 aromatic carbocycles. The predicted molar refractivity (Wildman–Crippen MR) is 122 cm³/mol. The van der Waals surface area contributed by atoms with Crippen molar-refractivity contribution in [3.05, 3.63) is 89.7 Å². The molecule has 160 valence electrons. The summed E-state index contributed by atoms with van der Waals surface area (Å²) in [6.07, 6.45) is 1.45. The van der Waals surface area contributed by atoms with E-state index in [-0.39, 0.29) is 5.82 Å². The second kappa shape index (κ2) is 9.26. The Kier molecular flexibility index (Phi) is 6.07. The van der Waals surface area contributed by atoms with Crippen molar-refractivity contribution >= 4 is 23.0 Å². The fourth-order valence-electron chi connectivity index (χ4n) is 3.29. The number of para-hydroxylation sites is 1. The van der Waals surface area contributed by atoms with E-state index >= 15 is 0 Å². The molecule has 32 heavy (non-hydrogen) atoms. The minimum Gasteiger partial charge on any atom is -0.497 e. The molecule has 1 heterocycles. The van der Waals surface area contributed by atoms with Gasteiger partial charge in [-0.15, -0.1) is 0 Å². The predicted octanol–water partition coefficient (Wildman–Crippen LogP) is 4.82. The molecule has 0 bridgehead atoms. The van der Waals surface area contributed by atoms with Gasteiger partial charge < -0.3 is 9.47 Å². The molecule has 0 unspecified atom stereocenters. The number of nitrogens with zero attached hydrogens (tertiary/aromatic N) is 2. The quantitative estimate of drug-likeness (QED) is 0.352. The highest BCUT2D eigenvalue weighted by molar-refractivity contribution is 6.07. The third kappa shape index (κ3) is 4.41. The van der Waals surface area contributed by atoms with Crippen molar-refractivity contribution in [3.8, 4) is 22.8 Å². The zero-order valence-electron chi connectivity index (χ0n) is 17.5. The van der Waals surface area contributed by atoms with Gasteiger partial charge in [0.05, 0.1) is 37.2 Å². The van der Waals surface area contributed by atoms with E-state index in [0.29, 0.717) is 44.8 Å². The van der Waals surface area contributed by atoms with Crippen molar-refractivity contribution in [1.29, 1.82) is 0 Å². The highest BCUT2D eigenvalue weighted by Crippen LogP contribution is 2.34. The van der Waals surface area contributed by atoms with Gasteiger partial charge in [-0.2, -0.15) is 5.10 Å². The van der Waals surface area contributed by atoms with Crippen molar-refractivity contribution in [2.45, 2.75) is 0 Å². The molecule has 0 atom stereocenters. The lowest BCUT2D eigenvalue weighted by Crippen LogP contribution is -2.18. The number of carbonyl (C=O) groups excluding carboxylic acids is 1. The molecule has 1 amide bonds. The summed E-state index contributed by atoms with van der Waals surface area (Å²) in [6.45, 7) is 0. The van der Waals surface area contributed by atoms with Crippen molar-refractivity contribution in [1.82, 2.24) is 10.4 Å². The summed E-state index contributed by atoms with van der Waals surface area (Å²) in [7, 11) is 3.15. The number of halogens is 1. The first kappa shape index (κ1) is 21.0. The molecule has 4 aromatic rings. The minimum absolute atomic E-state index is 0.338. The summed E-state index contributed by atoms with van der Waals surface area (Å²) in [5.74, 6) is 0.514. The Bertz CT molecular complexity index is 1300. The maximum Gasteiger partial charge on any atom is 0.272 e. The van der Waals surface area contributed by atoms with Gasteiger partial charge in [0.15, 0.2) is 0 Å². The summed E-state index contributed by atoms with van der Waals surface area (Å²) in [4.78, 5) is 17.7. The lowest BCUT2D eigenvalue weighted by atomic mass is 10.0. The van der Waals surface area contributed by atoms with Crippen molar-refractivity contribution in [2.24, 2.45) is 5.10 Å². The van der Waals surface area contributed by atoms with Gasteiger partial charge in [0, 0.05) is 10.9 Å². The zero-order valence-corrected chi connectivity index (χ0v) is 17.5. The lowest BCUT2D eigenvalue weighted by molar-refractivity contribution is 0.0956. The van der Waals surface area contributed by atoms with Gasteiger partial charge in [-0.25, -0.2) is 14.8 Å². The lowest BCUT2D eigenvalue weighted by Gasteiger charge is -2.13. The smallest absolute Gasteiger partial charge is 0.272 e. The highest BCUT2D eigenvalue weighted by atomic mass is 19.1. The number of hydrazone groups is 1. The van der Waals surface area contributed by atoms with Crippen LogP contribution in [0.15, 0.2) is 77.9 Å². The molecule has 0 aliphatic rings. The summed E-state index contributed by atoms with van der Waals surface area (Å²) in [5, 5.41) is 4.69. The average molecular weight is 429 g/mol. The third-order valence-electron chi connectivity index (χ3n) is 4.89. The van der Waals surface area contributed by atoms with Gasteiger partial charge in [0.25, 0.3) is 5.91 Å². The molecule has 4 rings (SSSR count). The maximum atomic E-state index is 13.0. The number of amides is 1. The largest absolute Gasteiger partial charge is 0.497 e. The van der Waals surface area contributed by atoms with Crippen molar-refractivity contribution in [2.75, 3.05) is 14.2 Å². The first-order valence-electron chi connectivity index (χ1n) is 9.80. The number of rotatable bonds is 6. The highest BCUT2D eigenvalue weighted by Gasteiger charge is 2.16. The topological polar surface area (TPSA) is 72.8 Å². The van der Waals surface area contributed by atoms with E-state index in [4.69, 9.17) is 14.5 Å². The van der Waals surface area contributed by atoms with E-state index < -0.39 is 5.91 Å². The fourth-order valence-corrected chi connectivity index (χ4v) is 3.29. The molecule has 7 heteroatoms. The van der Waals surface area contributed by atoms with E-state index in [1.54, 1.807) is 44.6 Å². The Morgan fingerprint density at radius 3 is 2.53 bits per heavy atom. The molecular weight excluding hydrogens is 409 g/mol. The number of benzene rings is 3. The van der Waals surface area contributed by atoms with Crippen LogP contribution in [0.4, 0.5) is 4.39 Å². The van der Waals surface area contributed by atoms with E-state index in [1.807, 2.05) is 30.3 Å². The molecule has 6 nitrogen and oxygen atoms in total. The molecule has 0 aliphatic heterocycles. The number of methoxy groups -OCH3 is 2. The molecule has 1 N–H and O–H groups in total. The van der Waals surface area contributed by atoms with Crippen LogP contribution in [0.3, 0.4) is 0 Å². The molecule has 1 aromatic heterocycles. The second-order valence-corrected chi connectivity index (χ2v) is 6.89. The van der Waals surface area contributed by atoms with Crippen LogP contribution in [0.2, 0.25) is 0 Å². The van der Waals surface area contributed by atoms with Crippen molar-refractivity contribution in [3.63, 3.8) is 0 Å². The molecule has 0 saturated carbocycles. The van der Waals surface area contributed by atoms with Gasteiger partial charge in [-0.05, 0) is 48.0 Å². The normalized spacial score (nSPS) is 11.0. The van der Waals surface area contributed by atoms with Crippen LogP contribution >= 0.6 is 0 Å². The minimum atomic E-state index is -0.398. The van der Waals surface area contributed by atoms with Crippen LogP contribution in [0.5, 0.6) is 11.5 Å². The van der Waals surface area contributed by atoms with Gasteiger partial charge >= 0.3 is 0 Å². The van der Waals surface area contributed by atoms with Crippen LogP contribution in [0, 0.1) is 5.82 Å². The average Bonchev–Trinajstić information content (AvgIpc) is 2.84. The number of hydrogen-bond donors (Lipinski definition) is 1. The van der Waals surface area contributed by atoms with Crippen LogP contribution in [0.25, 0.3) is 22.2 Å². The maximum absolute atomic E-state index is 13.0. The van der Waals surface area contributed by atoms with Crippen LogP contribution in [0.1, 0.15) is 15.9 Å². The van der Waals surface area contributed by atoms with Crippen LogP contribution < -0.4 is 14.9 Å². The summed E-state index contributed by atoms with van der Waals surface area (Å²) in [5.41, 5.74) is 5.52. The first-order valence-corrected chi connectivity index (χ1v) is 9.80. The SMILES string of the molecule is COc1ccc(OC)c(-c2cc(C(=O)N/N=C/c3ccc(F)cc3)c3ccccc3n2)c1. The molecular formula is C25H20FN3O3. The van der Waals surface area contributed by atoms with E-state index in [2.05, 4.69) is 10.5 Å².